The zero-order valence-corrected chi connectivity index (χ0v) is 11.8. The van der Waals surface area contributed by atoms with Crippen molar-refractivity contribution in [2.45, 2.75) is 58.7 Å². The number of aromatic nitrogens is 2. The third kappa shape index (κ3) is 3.54. The van der Waals surface area contributed by atoms with Crippen LogP contribution in [-0.4, -0.2) is 26.5 Å². The number of rotatable bonds is 5. The van der Waals surface area contributed by atoms with Gasteiger partial charge in [0, 0.05) is 30.9 Å². The lowest BCUT2D eigenvalue weighted by Gasteiger charge is -2.29. The summed E-state index contributed by atoms with van der Waals surface area (Å²) in [6.45, 7) is 10.8. The number of aryl methyl sites for hydroxylation is 1. The van der Waals surface area contributed by atoms with Gasteiger partial charge in [-0.15, -0.1) is 0 Å². The Kier molecular flexibility index (Phi) is 4.33. The molecule has 4 heteroatoms. The van der Waals surface area contributed by atoms with Crippen LogP contribution in [0.15, 0.2) is 6.20 Å². The summed E-state index contributed by atoms with van der Waals surface area (Å²) in [6, 6.07) is 0. The molecule has 0 radical (unpaired) electrons. The summed E-state index contributed by atoms with van der Waals surface area (Å²) in [6.07, 6.45) is 1.65. The molecule has 0 bridgehead atoms. The maximum Gasteiger partial charge on any atom is 0.0694 e. The van der Waals surface area contributed by atoms with Gasteiger partial charge in [-0.1, -0.05) is 13.8 Å². The lowest BCUT2D eigenvalue weighted by molar-refractivity contribution is 0.0956. The Hall–Kier alpha value is -0.870. The topological polar surface area (TPSA) is 50.1 Å². The average molecular weight is 239 g/mol. The normalized spacial score (nSPS) is 14.4. The van der Waals surface area contributed by atoms with Crippen LogP contribution in [0.5, 0.6) is 0 Å². The number of nitrogens with zero attached hydrogens (tertiary/aromatic N) is 2. The molecule has 0 fully saturated rings. The average Bonchev–Trinajstić information content (AvgIpc) is 2.56. The number of aliphatic hydroxyl groups is 1. The second-order valence-corrected chi connectivity index (χ2v) is 5.62. The highest BCUT2D eigenvalue weighted by molar-refractivity contribution is 5.20. The lowest BCUT2D eigenvalue weighted by atomic mass is 9.98. The molecule has 1 atom stereocenters. The highest BCUT2D eigenvalue weighted by Gasteiger charge is 2.24. The van der Waals surface area contributed by atoms with Crippen molar-refractivity contribution in [2.24, 2.45) is 7.05 Å². The predicted molar refractivity (Wildman–Crippen MR) is 69.9 cm³/mol. The van der Waals surface area contributed by atoms with Gasteiger partial charge in [0.2, 0.25) is 0 Å². The van der Waals surface area contributed by atoms with Crippen LogP contribution in [0.3, 0.4) is 0 Å². The van der Waals surface area contributed by atoms with Crippen LogP contribution in [-0.2, 0) is 13.6 Å². The molecule has 0 aromatic carbocycles. The first-order chi connectivity index (χ1) is 7.74. The largest absolute Gasteiger partial charge is 0.392 e. The summed E-state index contributed by atoms with van der Waals surface area (Å²) in [7, 11) is 1.94. The molecule has 1 aromatic rings. The van der Waals surface area contributed by atoms with E-state index in [0.717, 1.165) is 12.2 Å². The quantitative estimate of drug-likeness (QED) is 0.823. The molecule has 98 valence electrons. The minimum Gasteiger partial charge on any atom is -0.392 e. The predicted octanol–water partition coefficient (Wildman–Crippen LogP) is 1.79. The highest BCUT2D eigenvalue weighted by atomic mass is 16.3. The van der Waals surface area contributed by atoms with Crippen LogP contribution < -0.4 is 5.32 Å². The molecular weight excluding hydrogens is 214 g/mol. The fraction of sp³-hybridized carbons (Fsp3) is 0.769. The van der Waals surface area contributed by atoms with Crippen LogP contribution >= 0.6 is 0 Å². The third-order valence-electron chi connectivity index (χ3n) is 3.26. The summed E-state index contributed by atoms with van der Waals surface area (Å²) in [5.74, 6) is 0.419. The molecule has 1 aromatic heterocycles. The summed E-state index contributed by atoms with van der Waals surface area (Å²) in [4.78, 5) is 0. The van der Waals surface area contributed by atoms with Crippen molar-refractivity contribution < 1.29 is 5.11 Å². The van der Waals surface area contributed by atoms with E-state index in [9.17, 15) is 5.11 Å². The molecule has 0 amide bonds. The maximum atomic E-state index is 9.66. The number of hydrogen-bond acceptors (Lipinski definition) is 3. The minimum atomic E-state index is -0.387. The maximum absolute atomic E-state index is 9.66. The zero-order valence-electron chi connectivity index (χ0n) is 11.8. The molecule has 1 heterocycles. The van der Waals surface area contributed by atoms with E-state index < -0.39 is 0 Å². The Balaban J connectivity index is 2.76. The van der Waals surface area contributed by atoms with E-state index >= 15 is 0 Å². The van der Waals surface area contributed by atoms with E-state index in [2.05, 4.69) is 24.3 Å². The second kappa shape index (κ2) is 5.19. The first-order valence-corrected chi connectivity index (χ1v) is 6.19. The monoisotopic (exact) mass is 239 g/mol. The third-order valence-corrected chi connectivity index (χ3v) is 3.26. The molecule has 0 aliphatic carbocycles. The lowest BCUT2D eigenvalue weighted by Crippen LogP contribution is -2.47. The summed E-state index contributed by atoms with van der Waals surface area (Å²) < 4.78 is 1.85. The van der Waals surface area contributed by atoms with Crippen LogP contribution in [0.1, 0.15) is 51.8 Å². The summed E-state index contributed by atoms with van der Waals surface area (Å²) in [5, 5.41) is 17.5. The van der Waals surface area contributed by atoms with Crippen molar-refractivity contribution in [3.8, 4) is 0 Å². The van der Waals surface area contributed by atoms with Gasteiger partial charge in [-0.05, 0) is 26.7 Å². The van der Waals surface area contributed by atoms with E-state index in [1.165, 1.54) is 5.56 Å². The fourth-order valence-electron chi connectivity index (χ4n) is 1.65. The van der Waals surface area contributed by atoms with Gasteiger partial charge in [0.15, 0.2) is 0 Å². The molecule has 1 rings (SSSR count). The molecule has 4 nitrogen and oxygen atoms in total. The standard InChI is InChI=1S/C13H25N3O/c1-9(2)12-11(8-16(6)15-12)7-14-13(4,5)10(3)17/h8-10,14,17H,7H2,1-6H3. The van der Waals surface area contributed by atoms with Crippen molar-refractivity contribution in [1.29, 1.82) is 0 Å². The van der Waals surface area contributed by atoms with Gasteiger partial charge in [0.1, 0.15) is 0 Å². The summed E-state index contributed by atoms with van der Waals surface area (Å²) >= 11 is 0. The van der Waals surface area contributed by atoms with Crippen LogP contribution in [0, 0.1) is 0 Å². The van der Waals surface area contributed by atoms with Crippen molar-refractivity contribution in [1.82, 2.24) is 15.1 Å². The van der Waals surface area contributed by atoms with Gasteiger partial charge in [-0.2, -0.15) is 5.10 Å². The molecular formula is C13H25N3O. The zero-order chi connectivity index (χ0) is 13.2. The molecule has 1 unspecified atom stereocenters. The van der Waals surface area contributed by atoms with E-state index in [-0.39, 0.29) is 11.6 Å². The Morgan fingerprint density at radius 3 is 2.47 bits per heavy atom. The van der Waals surface area contributed by atoms with Crippen molar-refractivity contribution in [3.63, 3.8) is 0 Å². The van der Waals surface area contributed by atoms with Gasteiger partial charge >= 0.3 is 0 Å². The molecule has 2 N–H and O–H groups in total. The summed E-state index contributed by atoms with van der Waals surface area (Å²) in [5.41, 5.74) is 2.04. The molecule has 0 saturated heterocycles. The molecule has 0 aliphatic heterocycles. The van der Waals surface area contributed by atoms with Crippen LogP contribution in [0.25, 0.3) is 0 Å². The molecule has 0 aliphatic rings. The Bertz CT molecular complexity index is 367. The first kappa shape index (κ1) is 14.2. The molecule has 0 saturated carbocycles. The number of nitrogens with one attached hydrogen (secondary N) is 1. The molecule has 0 spiro atoms. The van der Waals surface area contributed by atoms with Crippen molar-refractivity contribution in [3.05, 3.63) is 17.5 Å². The SMILES string of the molecule is CC(C)c1nn(C)cc1CNC(C)(C)C(C)O. The Labute approximate surface area is 104 Å². The van der Waals surface area contributed by atoms with E-state index in [0.29, 0.717) is 5.92 Å². The Morgan fingerprint density at radius 1 is 1.41 bits per heavy atom. The number of hydrogen-bond donors (Lipinski definition) is 2. The van der Waals surface area contributed by atoms with E-state index in [1.54, 1.807) is 6.92 Å². The van der Waals surface area contributed by atoms with E-state index in [1.807, 2.05) is 31.8 Å². The number of aliphatic hydroxyl groups excluding tert-OH is 1. The second-order valence-electron chi connectivity index (χ2n) is 5.62. The van der Waals surface area contributed by atoms with Crippen molar-refractivity contribution in [2.75, 3.05) is 0 Å². The minimum absolute atomic E-state index is 0.288. The smallest absolute Gasteiger partial charge is 0.0694 e. The van der Waals surface area contributed by atoms with Gasteiger partial charge in [0.25, 0.3) is 0 Å². The van der Waals surface area contributed by atoms with Gasteiger partial charge < -0.3 is 10.4 Å². The van der Waals surface area contributed by atoms with Crippen LogP contribution in [0.2, 0.25) is 0 Å². The van der Waals surface area contributed by atoms with Gasteiger partial charge in [0.05, 0.1) is 11.8 Å². The molecule has 17 heavy (non-hydrogen) atoms. The highest BCUT2D eigenvalue weighted by Crippen LogP contribution is 2.18. The van der Waals surface area contributed by atoms with Gasteiger partial charge in [-0.25, -0.2) is 0 Å². The fourth-order valence-corrected chi connectivity index (χ4v) is 1.65. The van der Waals surface area contributed by atoms with Crippen molar-refractivity contribution >= 4 is 0 Å². The first-order valence-electron chi connectivity index (χ1n) is 6.19. The van der Waals surface area contributed by atoms with Crippen LogP contribution in [0.4, 0.5) is 0 Å². The Morgan fingerprint density at radius 2 is 2.00 bits per heavy atom. The van der Waals surface area contributed by atoms with E-state index in [4.69, 9.17) is 0 Å². The van der Waals surface area contributed by atoms with Gasteiger partial charge in [-0.3, -0.25) is 4.68 Å².